The molecule has 4 aliphatic rings. The van der Waals surface area contributed by atoms with Crippen LogP contribution in [0.5, 0.6) is 23.0 Å². The Morgan fingerprint density at radius 3 is 1.03 bits per heavy atom. The number of hydrogen-bond acceptors (Lipinski definition) is 18. The van der Waals surface area contributed by atoms with Crippen molar-refractivity contribution in [2.75, 3.05) is 58.9 Å². The van der Waals surface area contributed by atoms with Gasteiger partial charge in [0.25, 0.3) is 10.1 Å². The van der Waals surface area contributed by atoms with Gasteiger partial charge in [0.2, 0.25) is 0 Å². The van der Waals surface area contributed by atoms with E-state index >= 15 is 0 Å². The summed E-state index contributed by atoms with van der Waals surface area (Å²) in [5.41, 5.74) is 2.72. The largest absolute Gasteiger partial charge is 0.497 e. The maximum Gasteiger partial charge on any atom is 0.312 e. The average Bonchev–Trinajstić information content (AvgIpc) is 4.27. The summed E-state index contributed by atoms with van der Waals surface area (Å²) in [6, 6.07) is 29.5. The maximum absolute atomic E-state index is 11.9. The number of carbonyl (C=O) groups excluding carboxylic acids is 5. The number of alkyl halides is 1. The van der Waals surface area contributed by atoms with Gasteiger partial charge in [-0.3, -0.25) is 28.2 Å². The van der Waals surface area contributed by atoms with Gasteiger partial charge in [-0.15, -0.1) is 0 Å². The first-order valence-electron chi connectivity index (χ1n) is 26.1. The Morgan fingerprint density at radius 2 is 0.772 bits per heavy atom. The molecular weight excluding hydrogens is 1160 g/mol. The van der Waals surface area contributed by atoms with Crippen LogP contribution in [0.1, 0.15) is 106 Å². The predicted octanol–water partition coefficient (Wildman–Crippen LogP) is 9.60. The zero-order valence-electron chi connectivity index (χ0n) is 46.1. The number of esters is 5. The molecule has 4 aromatic carbocycles. The Balaban J connectivity index is 0.000000194. The Hall–Kier alpha value is -5.97. The molecule has 0 heterocycles. The summed E-state index contributed by atoms with van der Waals surface area (Å²) in [7, 11) is 2.95. The van der Waals surface area contributed by atoms with Gasteiger partial charge in [0.1, 0.15) is 49.4 Å². The average molecular weight is 1230 g/mol. The van der Waals surface area contributed by atoms with Gasteiger partial charge in [-0.05, 0) is 134 Å². The molecule has 0 amide bonds. The predicted molar refractivity (Wildman–Crippen MR) is 300 cm³/mol. The van der Waals surface area contributed by atoms with E-state index in [1.165, 1.54) is 0 Å². The van der Waals surface area contributed by atoms with Gasteiger partial charge in [-0.1, -0.05) is 71.1 Å². The summed E-state index contributed by atoms with van der Waals surface area (Å²) in [6.07, 6.45) is 9.27. The van der Waals surface area contributed by atoms with Crippen LogP contribution in [0.25, 0.3) is 0 Å². The highest BCUT2D eigenvalue weighted by molar-refractivity contribution is 14.1. The molecule has 0 radical (unpaired) electrons. The van der Waals surface area contributed by atoms with Crippen LogP contribution in [-0.2, 0) is 88.4 Å². The molecule has 4 aliphatic carbocycles. The number of halogens is 1. The Kier molecular flexibility index (Phi) is 24.7. The number of carbonyl (C=O) groups is 5. The van der Waals surface area contributed by atoms with Crippen molar-refractivity contribution in [2.45, 2.75) is 110 Å². The SMILES string of the molecule is CCOC(=O)C1(CC(=O)OCc2ccc(OC)cc2)CC1.COc1ccc(COC(=O)CC2(CI)CC2)cc1.COc1ccc(COC(=O)CC2(CO)CC2)cc1.COc1ccc(COC(=O)CC2(COS(C)(=O)=O)CC2)cc1. The third-order valence-corrected chi connectivity index (χ3v) is 16.1. The standard InChI is InChI=1S/C16H20O5.C15H20O6S.C14H17IO3.C14H18O4/c1-3-20-15(18)16(8-9-16)10-14(17)21-11-12-4-6-13(19-2)7-5-12;1-19-13-5-3-12(4-6-13)10-20-14(16)9-15(7-8-15)11-21-22(2,17)18;2*1-17-12-4-2-11(3-5-12)9-18-13(16)8-14(10-15)6-7-14/h4-7H,3,8-11H2,1-2H3;3-6H,7-11H2,1-2H3;2-5H,6-10H2,1H3;2-5,15H,6-10H2,1H3. The molecule has 4 saturated carbocycles. The third kappa shape index (κ3) is 23.0. The number of benzene rings is 4. The van der Waals surface area contributed by atoms with E-state index in [1.807, 2.05) is 84.9 Å². The lowest BCUT2D eigenvalue weighted by Crippen LogP contribution is -2.23. The van der Waals surface area contributed by atoms with Crippen LogP contribution in [0.2, 0.25) is 0 Å². The first-order chi connectivity index (χ1) is 37.8. The molecule has 4 fully saturated rings. The molecule has 0 aromatic heterocycles. The molecule has 0 atom stereocenters. The molecule has 0 aliphatic heterocycles. The number of hydrogen-bond donors (Lipinski definition) is 1. The molecular formula is C59H75IO18S. The monoisotopic (exact) mass is 1230 g/mol. The maximum atomic E-state index is 11.9. The van der Waals surface area contributed by atoms with Crippen LogP contribution < -0.4 is 18.9 Å². The number of methoxy groups -OCH3 is 4. The van der Waals surface area contributed by atoms with Crippen molar-refractivity contribution in [2.24, 2.45) is 21.7 Å². The normalized spacial score (nSPS) is 15.8. The second-order valence-electron chi connectivity index (χ2n) is 20.5. The third-order valence-electron chi connectivity index (χ3n) is 13.9. The number of aliphatic hydroxyl groups excluding tert-OH is 1. The van der Waals surface area contributed by atoms with E-state index in [1.54, 1.807) is 47.5 Å². The van der Waals surface area contributed by atoms with Crippen molar-refractivity contribution in [1.29, 1.82) is 0 Å². The summed E-state index contributed by atoms with van der Waals surface area (Å²) in [6.45, 7) is 3.21. The van der Waals surface area contributed by atoms with E-state index in [2.05, 4.69) is 22.6 Å². The van der Waals surface area contributed by atoms with Gasteiger partial charge in [0.05, 0.1) is 79.0 Å². The molecule has 432 valence electrons. The molecule has 8 rings (SSSR count). The highest BCUT2D eigenvalue weighted by atomic mass is 127. The van der Waals surface area contributed by atoms with Crippen molar-refractivity contribution < 1.29 is 84.3 Å². The molecule has 4 aromatic rings. The van der Waals surface area contributed by atoms with E-state index in [-0.39, 0.29) is 92.0 Å². The molecule has 0 saturated heterocycles. The summed E-state index contributed by atoms with van der Waals surface area (Å²) in [4.78, 5) is 58.8. The van der Waals surface area contributed by atoms with Crippen molar-refractivity contribution in [3.05, 3.63) is 119 Å². The molecule has 0 spiro atoms. The van der Waals surface area contributed by atoms with Gasteiger partial charge in [0.15, 0.2) is 0 Å². The van der Waals surface area contributed by atoms with Crippen LogP contribution in [0.3, 0.4) is 0 Å². The van der Waals surface area contributed by atoms with Crippen LogP contribution in [0, 0.1) is 21.7 Å². The minimum Gasteiger partial charge on any atom is -0.497 e. The Labute approximate surface area is 477 Å². The summed E-state index contributed by atoms with van der Waals surface area (Å²) < 4.78 is 74.0. The number of aliphatic hydroxyl groups is 1. The second-order valence-corrected chi connectivity index (χ2v) is 22.9. The molecule has 1 N–H and O–H groups in total. The molecule has 0 bridgehead atoms. The summed E-state index contributed by atoms with van der Waals surface area (Å²) in [5, 5.41) is 9.13. The van der Waals surface area contributed by atoms with Gasteiger partial charge in [0, 0.05) is 21.9 Å². The lowest BCUT2D eigenvalue weighted by Gasteiger charge is -2.13. The van der Waals surface area contributed by atoms with E-state index in [9.17, 15) is 32.4 Å². The van der Waals surface area contributed by atoms with Crippen LogP contribution >= 0.6 is 22.6 Å². The van der Waals surface area contributed by atoms with E-state index < -0.39 is 15.5 Å². The number of ether oxygens (including phenoxy) is 9. The number of rotatable bonds is 27. The van der Waals surface area contributed by atoms with E-state index in [0.717, 1.165) is 94.5 Å². The Bertz CT molecular complexity index is 2600. The fourth-order valence-corrected chi connectivity index (χ4v) is 9.21. The van der Waals surface area contributed by atoms with Crippen molar-refractivity contribution in [3.63, 3.8) is 0 Å². The van der Waals surface area contributed by atoms with Crippen LogP contribution in [0.4, 0.5) is 0 Å². The minimum absolute atomic E-state index is 0.0451. The fraction of sp³-hybridized carbons (Fsp3) is 0.508. The zero-order valence-corrected chi connectivity index (χ0v) is 49.0. The van der Waals surface area contributed by atoms with Crippen LogP contribution in [0.15, 0.2) is 97.1 Å². The van der Waals surface area contributed by atoms with Crippen LogP contribution in [-0.4, -0.2) is 102 Å². The minimum atomic E-state index is -3.48. The fourth-order valence-electron chi connectivity index (χ4n) is 7.71. The van der Waals surface area contributed by atoms with Crippen molar-refractivity contribution >= 4 is 62.6 Å². The second kappa shape index (κ2) is 30.6. The topological polar surface area (TPSA) is 232 Å². The lowest BCUT2D eigenvalue weighted by molar-refractivity contribution is -0.157. The van der Waals surface area contributed by atoms with Gasteiger partial charge in [-0.25, -0.2) is 0 Å². The first-order valence-corrected chi connectivity index (χ1v) is 29.4. The van der Waals surface area contributed by atoms with Gasteiger partial charge in [-0.2, -0.15) is 8.42 Å². The highest BCUT2D eigenvalue weighted by Gasteiger charge is 2.53. The molecule has 18 nitrogen and oxygen atoms in total. The molecule has 20 heteroatoms. The quantitative estimate of drug-likeness (QED) is 0.0192. The Morgan fingerprint density at radius 1 is 0.468 bits per heavy atom. The molecule has 0 unspecified atom stereocenters. The highest BCUT2D eigenvalue weighted by Crippen LogP contribution is 2.52. The summed E-state index contributed by atoms with van der Waals surface area (Å²) >= 11 is 2.35. The smallest absolute Gasteiger partial charge is 0.312 e. The van der Waals surface area contributed by atoms with Gasteiger partial charge >= 0.3 is 29.8 Å². The molecule has 79 heavy (non-hydrogen) atoms. The lowest BCUT2D eigenvalue weighted by atomic mass is 10.0. The first kappa shape index (κ1) is 63.9. The van der Waals surface area contributed by atoms with Crippen molar-refractivity contribution in [1.82, 2.24) is 0 Å². The zero-order chi connectivity index (χ0) is 57.5. The van der Waals surface area contributed by atoms with E-state index in [0.29, 0.717) is 38.9 Å². The van der Waals surface area contributed by atoms with Crippen molar-refractivity contribution in [3.8, 4) is 23.0 Å². The van der Waals surface area contributed by atoms with Gasteiger partial charge < -0.3 is 47.7 Å². The summed E-state index contributed by atoms with van der Waals surface area (Å²) in [5.74, 6) is 1.77. The van der Waals surface area contributed by atoms with E-state index in [4.69, 9.17) is 51.9 Å².